The molecule has 0 radical (unpaired) electrons. The van der Waals surface area contributed by atoms with Crippen LogP contribution in [0.3, 0.4) is 0 Å². The van der Waals surface area contributed by atoms with Crippen molar-refractivity contribution in [1.29, 1.82) is 0 Å². The van der Waals surface area contributed by atoms with E-state index in [4.69, 9.17) is 0 Å². The predicted octanol–water partition coefficient (Wildman–Crippen LogP) is 5.40. The number of carbonyl (C=O) groups excluding carboxylic acids is 1. The summed E-state index contributed by atoms with van der Waals surface area (Å²) >= 11 is 0. The molecular weight excluding hydrogens is 356 g/mol. The zero-order chi connectivity index (χ0) is 19.5. The third-order valence-electron chi connectivity index (χ3n) is 7.23. The van der Waals surface area contributed by atoms with Crippen LogP contribution >= 0.6 is 0 Å². The number of aryl methyl sites for hydroxylation is 1. The average Bonchev–Trinajstić information content (AvgIpc) is 3.37. The number of allylic oxidation sites excluding steroid dienone is 4. The van der Waals surface area contributed by atoms with Crippen molar-refractivity contribution in [1.82, 2.24) is 0 Å². The van der Waals surface area contributed by atoms with E-state index in [0.717, 1.165) is 29.9 Å². The molecule has 2 aliphatic carbocycles. The Morgan fingerprint density at radius 2 is 1.62 bits per heavy atom. The van der Waals surface area contributed by atoms with Crippen molar-refractivity contribution >= 4 is 17.3 Å². The van der Waals surface area contributed by atoms with Crippen LogP contribution in [0.4, 0.5) is 11.4 Å². The van der Waals surface area contributed by atoms with Gasteiger partial charge in [0.15, 0.2) is 0 Å². The summed E-state index contributed by atoms with van der Waals surface area (Å²) in [5.74, 6) is 2.28. The Labute approximate surface area is 172 Å². The largest absolute Gasteiger partial charge is 0.370 e. The number of rotatable bonds is 2. The van der Waals surface area contributed by atoms with Gasteiger partial charge in [0.25, 0.3) is 5.91 Å². The van der Waals surface area contributed by atoms with Crippen molar-refractivity contribution in [2.45, 2.75) is 31.6 Å². The number of hydrogen-bond acceptors (Lipinski definition) is 2. The number of carbonyl (C=O) groups is 1. The lowest BCUT2D eigenvalue weighted by molar-refractivity contribution is 0.102. The van der Waals surface area contributed by atoms with Crippen molar-refractivity contribution in [3.05, 3.63) is 83.0 Å². The minimum atomic E-state index is -0.0265. The number of nitrogens with one attached hydrogen (secondary N) is 1. The van der Waals surface area contributed by atoms with Crippen molar-refractivity contribution in [2.75, 3.05) is 23.3 Å². The van der Waals surface area contributed by atoms with Crippen molar-refractivity contribution < 1.29 is 4.79 Å². The van der Waals surface area contributed by atoms with Crippen molar-refractivity contribution in [3.63, 3.8) is 0 Å². The molecule has 2 aromatic carbocycles. The van der Waals surface area contributed by atoms with E-state index in [1.807, 2.05) is 31.2 Å². The van der Waals surface area contributed by atoms with Gasteiger partial charge in [-0.05, 0) is 67.0 Å². The highest BCUT2D eigenvalue weighted by molar-refractivity contribution is 6.04. The summed E-state index contributed by atoms with van der Waals surface area (Å²) in [7, 11) is 0. The van der Waals surface area contributed by atoms with E-state index in [2.05, 4.69) is 46.7 Å². The van der Waals surface area contributed by atoms with Crippen LogP contribution in [-0.4, -0.2) is 19.0 Å². The number of anilines is 2. The molecule has 3 nitrogen and oxygen atoms in total. The summed E-state index contributed by atoms with van der Waals surface area (Å²) in [5.41, 5.74) is 7.02. The third-order valence-corrected chi connectivity index (χ3v) is 7.23. The van der Waals surface area contributed by atoms with Gasteiger partial charge in [-0.1, -0.05) is 42.0 Å². The lowest BCUT2D eigenvalue weighted by Crippen LogP contribution is -2.43. The molecule has 1 N–H and O–H groups in total. The van der Waals surface area contributed by atoms with E-state index in [9.17, 15) is 4.79 Å². The molecule has 4 aliphatic rings. The molecule has 0 saturated carbocycles. The molecule has 29 heavy (non-hydrogen) atoms. The Bertz CT molecular complexity index is 1020. The van der Waals surface area contributed by atoms with Crippen LogP contribution in [0.15, 0.2) is 60.7 Å². The van der Waals surface area contributed by atoms with E-state index in [-0.39, 0.29) is 5.91 Å². The molecular formula is C26H26N2O. The van der Waals surface area contributed by atoms with Crippen molar-refractivity contribution in [2.24, 2.45) is 11.8 Å². The topological polar surface area (TPSA) is 32.3 Å². The second kappa shape index (κ2) is 6.35. The normalized spacial score (nSPS) is 28.1. The second-order valence-corrected chi connectivity index (χ2v) is 9.13. The molecule has 0 aromatic heterocycles. The molecule has 0 saturated heterocycles. The summed E-state index contributed by atoms with van der Waals surface area (Å²) in [6, 6.07) is 12.3. The van der Waals surface area contributed by atoms with Crippen molar-refractivity contribution in [3.8, 4) is 0 Å². The second-order valence-electron chi connectivity index (χ2n) is 9.13. The summed E-state index contributed by atoms with van der Waals surface area (Å²) < 4.78 is 0. The Hall–Kier alpha value is -2.81. The van der Waals surface area contributed by atoms with Gasteiger partial charge >= 0.3 is 0 Å². The van der Waals surface area contributed by atoms with Gasteiger partial charge in [0.1, 0.15) is 0 Å². The maximum absolute atomic E-state index is 12.9. The summed E-state index contributed by atoms with van der Waals surface area (Å²) in [5, 5.41) is 3.20. The van der Waals surface area contributed by atoms with Gasteiger partial charge in [-0.25, -0.2) is 0 Å². The average molecular weight is 383 g/mol. The quantitative estimate of drug-likeness (QED) is 0.705. The monoisotopic (exact) mass is 382 g/mol. The molecule has 3 heteroatoms. The van der Waals surface area contributed by atoms with Gasteiger partial charge < -0.3 is 10.2 Å². The highest BCUT2D eigenvalue weighted by Crippen LogP contribution is 2.53. The molecule has 146 valence electrons. The molecule has 4 unspecified atom stereocenters. The molecule has 2 aliphatic heterocycles. The first kappa shape index (κ1) is 17.1. The fourth-order valence-electron chi connectivity index (χ4n) is 5.94. The SMILES string of the molecule is Cc1cccc(C(=O)Nc2cc3c4c(c2)C2C=CCC2CN4CC2CC=CC32)c1. The highest BCUT2D eigenvalue weighted by Gasteiger charge is 2.42. The molecule has 0 bridgehead atoms. The van der Waals surface area contributed by atoms with Crippen LogP contribution in [0.2, 0.25) is 0 Å². The molecule has 1 amide bonds. The number of hydrogen-bond donors (Lipinski definition) is 1. The van der Waals surface area contributed by atoms with E-state index >= 15 is 0 Å². The number of amides is 1. The summed E-state index contributed by atoms with van der Waals surface area (Å²) in [4.78, 5) is 15.6. The van der Waals surface area contributed by atoms with Crippen LogP contribution < -0.4 is 10.2 Å². The van der Waals surface area contributed by atoms with E-state index < -0.39 is 0 Å². The maximum Gasteiger partial charge on any atom is 0.255 e. The van der Waals surface area contributed by atoms with Gasteiger partial charge in [0.2, 0.25) is 0 Å². The zero-order valence-electron chi connectivity index (χ0n) is 16.8. The summed E-state index contributed by atoms with van der Waals surface area (Å²) in [6.45, 7) is 4.35. The van der Waals surface area contributed by atoms with E-state index in [1.165, 1.54) is 29.7 Å². The Balaban J connectivity index is 1.44. The van der Waals surface area contributed by atoms with Gasteiger partial charge in [0, 0.05) is 41.9 Å². The minimum Gasteiger partial charge on any atom is -0.370 e. The molecule has 2 heterocycles. The summed E-state index contributed by atoms with van der Waals surface area (Å²) in [6.07, 6.45) is 11.8. The predicted molar refractivity (Wildman–Crippen MR) is 118 cm³/mol. The van der Waals surface area contributed by atoms with Crippen LogP contribution in [0.1, 0.15) is 51.7 Å². The van der Waals surface area contributed by atoms with Crippen LogP contribution in [-0.2, 0) is 0 Å². The van der Waals surface area contributed by atoms with E-state index in [1.54, 1.807) is 0 Å². The van der Waals surface area contributed by atoms with Crippen LogP contribution in [0.5, 0.6) is 0 Å². The Morgan fingerprint density at radius 3 is 2.24 bits per heavy atom. The maximum atomic E-state index is 12.9. The number of nitrogens with zero attached hydrogens (tertiary/aromatic N) is 1. The fourth-order valence-corrected chi connectivity index (χ4v) is 5.94. The standard InChI is InChI=1S/C26H26N2O/c1-16-5-2-6-17(11-16)26(29)27-20-12-23-21-9-3-7-18(21)14-28-15-19-8-4-10-22(19)24(13-20)25(23)28/h2-6,9-13,18-19,21-22H,7-8,14-15H2,1H3,(H,27,29). The minimum absolute atomic E-state index is 0.0265. The third kappa shape index (κ3) is 2.67. The van der Waals surface area contributed by atoms with Gasteiger partial charge in [0.05, 0.1) is 0 Å². The molecule has 0 spiro atoms. The number of benzene rings is 2. The first-order valence-electron chi connectivity index (χ1n) is 10.8. The van der Waals surface area contributed by atoms with Gasteiger partial charge in [-0.15, -0.1) is 0 Å². The lowest BCUT2D eigenvalue weighted by Gasteiger charge is -2.46. The van der Waals surface area contributed by atoms with Gasteiger partial charge in [-0.2, -0.15) is 0 Å². The first-order chi connectivity index (χ1) is 14.2. The molecule has 2 aromatic rings. The van der Waals surface area contributed by atoms with Crippen LogP contribution in [0.25, 0.3) is 0 Å². The Morgan fingerprint density at radius 1 is 0.966 bits per heavy atom. The zero-order valence-corrected chi connectivity index (χ0v) is 16.8. The van der Waals surface area contributed by atoms with Gasteiger partial charge in [-0.3, -0.25) is 4.79 Å². The highest BCUT2D eigenvalue weighted by atomic mass is 16.1. The molecule has 0 fully saturated rings. The van der Waals surface area contributed by atoms with Crippen LogP contribution in [0, 0.1) is 18.8 Å². The fraction of sp³-hybridized carbons (Fsp3) is 0.346. The Kier molecular flexibility index (Phi) is 3.74. The lowest BCUT2D eigenvalue weighted by atomic mass is 9.75. The molecule has 6 rings (SSSR count). The smallest absolute Gasteiger partial charge is 0.255 e. The number of fused-ring (bicyclic) bond motifs is 4. The van der Waals surface area contributed by atoms with E-state index in [0.29, 0.717) is 23.7 Å². The molecule has 4 atom stereocenters. The first-order valence-corrected chi connectivity index (χ1v) is 10.8.